The molecular formula is C10H15N3O. The summed E-state index contributed by atoms with van der Waals surface area (Å²) in [4.78, 5) is 4.10. The molecule has 0 amide bonds. The second-order valence-corrected chi connectivity index (χ2v) is 3.46. The molecule has 0 spiro atoms. The van der Waals surface area contributed by atoms with Crippen LogP contribution in [0.5, 0.6) is 5.88 Å². The molecule has 2 heterocycles. The van der Waals surface area contributed by atoms with Crippen LogP contribution in [-0.4, -0.2) is 24.2 Å². The van der Waals surface area contributed by atoms with E-state index in [0.717, 1.165) is 25.9 Å². The molecule has 1 aromatic heterocycles. The van der Waals surface area contributed by atoms with E-state index in [9.17, 15) is 0 Å². The summed E-state index contributed by atoms with van der Waals surface area (Å²) in [6, 6.07) is 3.62. The Balaban J connectivity index is 1.99. The molecule has 14 heavy (non-hydrogen) atoms. The van der Waals surface area contributed by atoms with E-state index in [2.05, 4.69) is 10.3 Å². The van der Waals surface area contributed by atoms with E-state index in [0.29, 0.717) is 11.6 Å². The van der Waals surface area contributed by atoms with Crippen molar-refractivity contribution in [3.05, 3.63) is 18.3 Å². The molecule has 1 aliphatic heterocycles. The molecule has 4 nitrogen and oxygen atoms in total. The number of hydrogen-bond donors (Lipinski definition) is 2. The molecule has 0 aliphatic carbocycles. The summed E-state index contributed by atoms with van der Waals surface area (Å²) in [6.45, 7) is 2.02. The molecule has 4 heteroatoms. The molecule has 0 saturated carbocycles. The van der Waals surface area contributed by atoms with Crippen LogP contribution in [-0.2, 0) is 0 Å². The topological polar surface area (TPSA) is 60.2 Å². The number of pyridine rings is 1. The summed E-state index contributed by atoms with van der Waals surface area (Å²) < 4.78 is 5.71. The first kappa shape index (κ1) is 9.27. The van der Waals surface area contributed by atoms with Gasteiger partial charge >= 0.3 is 0 Å². The van der Waals surface area contributed by atoms with Crippen LogP contribution in [0.2, 0.25) is 0 Å². The van der Waals surface area contributed by atoms with Gasteiger partial charge in [-0.1, -0.05) is 0 Å². The second kappa shape index (κ2) is 4.28. The fraction of sp³-hybridized carbons (Fsp3) is 0.500. The van der Waals surface area contributed by atoms with E-state index in [1.807, 2.05) is 12.1 Å². The van der Waals surface area contributed by atoms with Crippen LogP contribution in [0, 0.1) is 0 Å². The molecule has 1 fully saturated rings. The summed E-state index contributed by atoms with van der Waals surface area (Å²) in [5.74, 6) is 0.569. The van der Waals surface area contributed by atoms with Crippen LogP contribution in [0.15, 0.2) is 18.3 Å². The van der Waals surface area contributed by atoms with Crippen molar-refractivity contribution in [2.45, 2.75) is 18.9 Å². The van der Waals surface area contributed by atoms with Gasteiger partial charge in [-0.3, -0.25) is 0 Å². The van der Waals surface area contributed by atoms with Crippen LogP contribution in [0.3, 0.4) is 0 Å². The molecule has 1 saturated heterocycles. The first-order valence-electron chi connectivity index (χ1n) is 4.94. The maximum Gasteiger partial charge on any atom is 0.237 e. The van der Waals surface area contributed by atoms with Gasteiger partial charge in [0.15, 0.2) is 0 Å². The quantitative estimate of drug-likeness (QED) is 0.729. The van der Waals surface area contributed by atoms with Crippen LogP contribution < -0.4 is 15.8 Å². The van der Waals surface area contributed by atoms with E-state index in [-0.39, 0.29) is 6.10 Å². The first-order chi connectivity index (χ1) is 6.86. The molecule has 0 atom stereocenters. The third-order valence-electron chi connectivity index (χ3n) is 2.37. The van der Waals surface area contributed by atoms with Crippen molar-refractivity contribution >= 4 is 5.69 Å². The number of nitrogens with one attached hydrogen (secondary N) is 1. The lowest BCUT2D eigenvalue weighted by atomic mass is 10.1. The highest BCUT2D eigenvalue weighted by Crippen LogP contribution is 2.20. The van der Waals surface area contributed by atoms with Crippen molar-refractivity contribution in [3.63, 3.8) is 0 Å². The molecule has 1 aliphatic rings. The first-order valence-corrected chi connectivity index (χ1v) is 4.94. The van der Waals surface area contributed by atoms with Gasteiger partial charge in [0, 0.05) is 6.20 Å². The van der Waals surface area contributed by atoms with Gasteiger partial charge in [-0.2, -0.15) is 0 Å². The lowest BCUT2D eigenvalue weighted by molar-refractivity contribution is 0.157. The smallest absolute Gasteiger partial charge is 0.237 e. The fourth-order valence-electron chi connectivity index (χ4n) is 1.57. The average Bonchev–Trinajstić information content (AvgIpc) is 2.23. The zero-order chi connectivity index (χ0) is 9.80. The summed E-state index contributed by atoms with van der Waals surface area (Å²) in [5.41, 5.74) is 6.35. The van der Waals surface area contributed by atoms with Crippen LogP contribution in [0.4, 0.5) is 5.69 Å². The third kappa shape index (κ3) is 2.14. The highest BCUT2D eigenvalue weighted by atomic mass is 16.5. The van der Waals surface area contributed by atoms with Gasteiger partial charge in [0.2, 0.25) is 5.88 Å². The number of anilines is 1. The summed E-state index contributed by atoms with van der Waals surface area (Å²) in [6.07, 6.45) is 4.01. The zero-order valence-electron chi connectivity index (χ0n) is 8.07. The molecule has 0 bridgehead atoms. The maximum atomic E-state index is 5.73. The number of aromatic nitrogens is 1. The average molecular weight is 193 g/mol. The van der Waals surface area contributed by atoms with Crippen molar-refractivity contribution in [1.82, 2.24) is 10.3 Å². The molecule has 3 N–H and O–H groups in total. The normalized spacial score (nSPS) is 18.0. The van der Waals surface area contributed by atoms with Crippen molar-refractivity contribution in [2.75, 3.05) is 18.8 Å². The SMILES string of the molecule is Nc1cccnc1OC1CCNCC1. The molecular weight excluding hydrogens is 178 g/mol. The number of nitrogens with zero attached hydrogens (tertiary/aromatic N) is 1. The van der Waals surface area contributed by atoms with Crippen molar-refractivity contribution < 1.29 is 4.74 Å². The number of ether oxygens (including phenoxy) is 1. The summed E-state index contributed by atoms with van der Waals surface area (Å²) >= 11 is 0. The predicted octanol–water partition coefficient (Wildman–Crippen LogP) is 0.795. The number of nitrogens with two attached hydrogens (primary N) is 1. The van der Waals surface area contributed by atoms with E-state index < -0.39 is 0 Å². The lowest BCUT2D eigenvalue weighted by Gasteiger charge is -2.23. The molecule has 0 unspecified atom stereocenters. The standard InChI is InChI=1S/C10H15N3O/c11-9-2-1-5-13-10(9)14-8-3-6-12-7-4-8/h1-2,5,8,12H,3-4,6-7,11H2. The Morgan fingerprint density at radius 3 is 2.93 bits per heavy atom. The predicted molar refractivity (Wildman–Crippen MR) is 55.2 cm³/mol. The Hall–Kier alpha value is -1.29. The van der Waals surface area contributed by atoms with Crippen molar-refractivity contribution in [1.29, 1.82) is 0 Å². The minimum Gasteiger partial charge on any atom is -0.473 e. The molecule has 0 radical (unpaired) electrons. The van der Waals surface area contributed by atoms with Gasteiger partial charge in [0.25, 0.3) is 0 Å². The maximum absolute atomic E-state index is 5.73. The van der Waals surface area contributed by atoms with Crippen molar-refractivity contribution in [2.24, 2.45) is 0 Å². The Bertz CT molecular complexity index is 297. The van der Waals surface area contributed by atoms with E-state index in [1.165, 1.54) is 0 Å². The summed E-state index contributed by atoms with van der Waals surface area (Å²) in [5, 5.41) is 3.28. The van der Waals surface area contributed by atoms with Gasteiger partial charge in [0.1, 0.15) is 6.10 Å². The van der Waals surface area contributed by atoms with E-state index in [1.54, 1.807) is 6.20 Å². The largest absolute Gasteiger partial charge is 0.473 e. The van der Waals surface area contributed by atoms with Crippen LogP contribution in [0.25, 0.3) is 0 Å². The summed E-state index contributed by atoms with van der Waals surface area (Å²) in [7, 11) is 0. The molecule has 2 rings (SSSR count). The van der Waals surface area contributed by atoms with E-state index >= 15 is 0 Å². The monoisotopic (exact) mass is 193 g/mol. The van der Waals surface area contributed by atoms with Gasteiger partial charge in [-0.25, -0.2) is 4.98 Å². The Kier molecular flexibility index (Phi) is 2.84. The number of piperidine rings is 1. The minimum absolute atomic E-state index is 0.258. The molecule has 0 aromatic carbocycles. The highest BCUT2D eigenvalue weighted by Gasteiger charge is 2.15. The van der Waals surface area contributed by atoms with Gasteiger partial charge in [-0.15, -0.1) is 0 Å². The Morgan fingerprint density at radius 2 is 2.21 bits per heavy atom. The van der Waals surface area contributed by atoms with Crippen LogP contribution >= 0.6 is 0 Å². The highest BCUT2D eigenvalue weighted by molar-refractivity contribution is 5.46. The fourth-order valence-corrected chi connectivity index (χ4v) is 1.57. The zero-order valence-corrected chi connectivity index (χ0v) is 8.07. The van der Waals surface area contributed by atoms with Gasteiger partial charge in [0.05, 0.1) is 5.69 Å². The number of rotatable bonds is 2. The molecule has 1 aromatic rings. The molecule has 76 valence electrons. The Labute approximate surface area is 83.5 Å². The lowest BCUT2D eigenvalue weighted by Crippen LogP contribution is -2.34. The Morgan fingerprint density at radius 1 is 1.43 bits per heavy atom. The van der Waals surface area contributed by atoms with Crippen LogP contribution in [0.1, 0.15) is 12.8 Å². The number of nitrogen functional groups attached to an aromatic ring is 1. The van der Waals surface area contributed by atoms with Crippen molar-refractivity contribution in [3.8, 4) is 5.88 Å². The third-order valence-corrected chi connectivity index (χ3v) is 2.37. The second-order valence-electron chi connectivity index (χ2n) is 3.46. The van der Waals surface area contributed by atoms with Gasteiger partial charge in [-0.05, 0) is 38.1 Å². The van der Waals surface area contributed by atoms with E-state index in [4.69, 9.17) is 10.5 Å². The minimum atomic E-state index is 0.258. The van der Waals surface area contributed by atoms with Gasteiger partial charge < -0.3 is 15.8 Å². The number of hydrogen-bond acceptors (Lipinski definition) is 4.